The Hall–Kier alpha value is -1.13. The first-order valence-corrected chi connectivity index (χ1v) is 9.47. The maximum absolute atomic E-state index is 13.9. The van der Waals surface area contributed by atoms with E-state index >= 15 is 0 Å². The van der Waals surface area contributed by atoms with E-state index in [9.17, 15) is 9.18 Å². The molecular weight excluding hydrogens is 327 g/mol. The number of nitrogens with one attached hydrogen (secondary N) is 1. The molecule has 1 aliphatic heterocycles. The molecule has 1 amide bonds. The van der Waals surface area contributed by atoms with Crippen molar-refractivity contribution in [2.45, 2.75) is 57.5 Å². The molecule has 0 spiro atoms. The molecule has 132 valence electrons. The van der Waals surface area contributed by atoms with Crippen LogP contribution in [-0.2, 0) is 11.3 Å². The van der Waals surface area contributed by atoms with Gasteiger partial charge in [-0.3, -0.25) is 9.69 Å². The third kappa shape index (κ3) is 4.28. The van der Waals surface area contributed by atoms with E-state index in [1.807, 2.05) is 0 Å². The molecule has 1 aromatic rings. The lowest BCUT2D eigenvalue weighted by Crippen LogP contribution is -2.47. The zero-order chi connectivity index (χ0) is 16.9. The Kier molecular flexibility index (Phi) is 6.12. The van der Waals surface area contributed by atoms with Gasteiger partial charge in [-0.15, -0.1) is 0 Å². The van der Waals surface area contributed by atoms with Crippen molar-refractivity contribution in [1.29, 1.82) is 0 Å². The normalized spacial score (nSPS) is 23.2. The SMILES string of the molecule is O=C(NCc1cccc(Cl)c1F)C1CCCN(C2CCCCC2)C1. The molecule has 0 radical (unpaired) electrons. The van der Waals surface area contributed by atoms with Crippen molar-refractivity contribution in [3.05, 3.63) is 34.6 Å². The summed E-state index contributed by atoms with van der Waals surface area (Å²) in [5.41, 5.74) is 0.441. The summed E-state index contributed by atoms with van der Waals surface area (Å²) < 4.78 is 13.9. The van der Waals surface area contributed by atoms with Crippen molar-refractivity contribution in [2.24, 2.45) is 5.92 Å². The van der Waals surface area contributed by atoms with Crippen LogP contribution >= 0.6 is 11.6 Å². The van der Waals surface area contributed by atoms with E-state index in [0.717, 1.165) is 25.9 Å². The van der Waals surface area contributed by atoms with Gasteiger partial charge in [0.25, 0.3) is 0 Å². The van der Waals surface area contributed by atoms with Crippen LogP contribution in [0.5, 0.6) is 0 Å². The summed E-state index contributed by atoms with van der Waals surface area (Å²) >= 11 is 5.79. The molecule has 1 heterocycles. The summed E-state index contributed by atoms with van der Waals surface area (Å²) in [5.74, 6) is -0.384. The van der Waals surface area contributed by atoms with Crippen molar-refractivity contribution >= 4 is 17.5 Å². The molecule has 0 aromatic heterocycles. The van der Waals surface area contributed by atoms with Crippen LogP contribution in [0.4, 0.5) is 4.39 Å². The molecule has 1 atom stereocenters. The van der Waals surface area contributed by atoms with E-state index in [2.05, 4.69) is 10.2 Å². The molecule has 1 saturated carbocycles. The fourth-order valence-electron chi connectivity index (χ4n) is 4.01. The van der Waals surface area contributed by atoms with Gasteiger partial charge in [-0.1, -0.05) is 43.0 Å². The fourth-order valence-corrected chi connectivity index (χ4v) is 4.20. The summed E-state index contributed by atoms with van der Waals surface area (Å²) in [6.07, 6.45) is 8.49. The molecule has 3 rings (SSSR count). The minimum Gasteiger partial charge on any atom is -0.352 e. The van der Waals surface area contributed by atoms with E-state index in [1.165, 1.54) is 38.2 Å². The average Bonchev–Trinajstić information content (AvgIpc) is 2.63. The average molecular weight is 353 g/mol. The predicted octanol–water partition coefficient (Wildman–Crippen LogP) is 4.14. The number of benzene rings is 1. The van der Waals surface area contributed by atoms with Crippen LogP contribution in [0.1, 0.15) is 50.5 Å². The Bertz CT molecular complexity index is 574. The highest BCUT2D eigenvalue weighted by atomic mass is 35.5. The third-order valence-electron chi connectivity index (χ3n) is 5.40. The maximum Gasteiger partial charge on any atom is 0.224 e. The second-order valence-corrected chi connectivity index (χ2v) is 7.46. The smallest absolute Gasteiger partial charge is 0.224 e. The predicted molar refractivity (Wildman–Crippen MR) is 94.4 cm³/mol. The molecule has 1 aliphatic carbocycles. The van der Waals surface area contributed by atoms with Gasteiger partial charge in [0.05, 0.1) is 10.9 Å². The van der Waals surface area contributed by atoms with Gasteiger partial charge in [-0.05, 0) is 38.3 Å². The van der Waals surface area contributed by atoms with Gasteiger partial charge in [0.15, 0.2) is 0 Å². The molecule has 0 bridgehead atoms. The number of carbonyl (C=O) groups excluding carboxylic acids is 1. The van der Waals surface area contributed by atoms with Gasteiger partial charge < -0.3 is 5.32 Å². The number of nitrogens with zero attached hydrogens (tertiary/aromatic N) is 1. The Labute approximate surface area is 148 Å². The Balaban J connectivity index is 1.53. The topological polar surface area (TPSA) is 32.3 Å². The number of amides is 1. The molecule has 1 aromatic carbocycles. The molecule has 1 unspecified atom stereocenters. The largest absolute Gasteiger partial charge is 0.352 e. The number of rotatable bonds is 4. The van der Waals surface area contributed by atoms with Crippen molar-refractivity contribution in [3.8, 4) is 0 Å². The van der Waals surface area contributed by atoms with Crippen LogP contribution in [0.3, 0.4) is 0 Å². The zero-order valence-corrected chi connectivity index (χ0v) is 14.8. The van der Waals surface area contributed by atoms with Gasteiger partial charge >= 0.3 is 0 Å². The van der Waals surface area contributed by atoms with E-state index in [4.69, 9.17) is 11.6 Å². The Morgan fingerprint density at radius 3 is 2.79 bits per heavy atom. The summed E-state index contributed by atoms with van der Waals surface area (Å²) in [5, 5.41) is 3.00. The van der Waals surface area contributed by atoms with Gasteiger partial charge in [-0.2, -0.15) is 0 Å². The molecule has 24 heavy (non-hydrogen) atoms. The van der Waals surface area contributed by atoms with Crippen LogP contribution in [0.25, 0.3) is 0 Å². The first kappa shape index (κ1) is 17.7. The van der Waals surface area contributed by atoms with Gasteiger partial charge in [0.1, 0.15) is 5.82 Å². The maximum atomic E-state index is 13.9. The highest BCUT2D eigenvalue weighted by Crippen LogP contribution is 2.27. The highest BCUT2D eigenvalue weighted by molar-refractivity contribution is 6.30. The molecular formula is C19H26ClFN2O. The lowest BCUT2D eigenvalue weighted by molar-refractivity contribution is -0.127. The third-order valence-corrected chi connectivity index (χ3v) is 5.69. The minimum atomic E-state index is -0.438. The molecule has 2 fully saturated rings. The highest BCUT2D eigenvalue weighted by Gasteiger charge is 2.30. The first-order valence-electron chi connectivity index (χ1n) is 9.10. The molecule has 3 nitrogen and oxygen atoms in total. The van der Waals surface area contributed by atoms with E-state index < -0.39 is 5.82 Å². The van der Waals surface area contributed by atoms with Gasteiger partial charge in [-0.25, -0.2) is 4.39 Å². The number of hydrogen-bond donors (Lipinski definition) is 1. The van der Waals surface area contributed by atoms with Crippen LogP contribution in [0, 0.1) is 11.7 Å². The standard InChI is InChI=1S/C19H26ClFN2O/c20-17-10-4-6-14(18(17)21)12-22-19(24)15-7-5-11-23(13-15)16-8-2-1-3-9-16/h4,6,10,15-16H,1-3,5,7-9,11-13H2,(H,22,24). The number of piperidine rings is 1. The van der Waals surface area contributed by atoms with Crippen LogP contribution in [-0.4, -0.2) is 29.9 Å². The van der Waals surface area contributed by atoms with Gasteiger partial charge in [0.2, 0.25) is 5.91 Å². The first-order chi connectivity index (χ1) is 11.6. The van der Waals surface area contributed by atoms with Crippen molar-refractivity contribution in [3.63, 3.8) is 0 Å². The van der Waals surface area contributed by atoms with Crippen molar-refractivity contribution in [2.75, 3.05) is 13.1 Å². The summed E-state index contributed by atoms with van der Waals surface area (Å²) in [6.45, 7) is 2.15. The van der Waals surface area contributed by atoms with Crippen LogP contribution < -0.4 is 5.32 Å². The van der Waals surface area contributed by atoms with Crippen LogP contribution in [0.15, 0.2) is 18.2 Å². The second-order valence-electron chi connectivity index (χ2n) is 7.06. The Morgan fingerprint density at radius 2 is 2.00 bits per heavy atom. The zero-order valence-electron chi connectivity index (χ0n) is 14.1. The lowest BCUT2D eigenvalue weighted by Gasteiger charge is -2.39. The fraction of sp³-hybridized carbons (Fsp3) is 0.632. The van der Waals surface area contributed by atoms with E-state index in [-0.39, 0.29) is 23.4 Å². The number of carbonyl (C=O) groups is 1. The molecule has 1 saturated heterocycles. The Morgan fingerprint density at radius 1 is 1.21 bits per heavy atom. The van der Waals surface area contributed by atoms with E-state index in [0.29, 0.717) is 11.6 Å². The van der Waals surface area contributed by atoms with E-state index in [1.54, 1.807) is 12.1 Å². The quantitative estimate of drug-likeness (QED) is 0.883. The van der Waals surface area contributed by atoms with Crippen molar-refractivity contribution < 1.29 is 9.18 Å². The van der Waals surface area contributed by atoms with Gasteiger partial charge in [0, 0.05) is 24.7 Å². The minimum absolute atomic E-state index is 0.0166. The van der Waals surface area contributed by atoms with Crippen molar-refractivity contribution in [1.82, 2.24) is 10.2 Å². The lowest BCUT2D eigenvalue weighted by atomic mass is 9.90. The number of halogens is 2. The van der Waals surface area contributed by atoms with Crippen LogP contribution in [0.2, 0.25) is 5.02 Å². The molecule has 5 heteroatoms. The second kappa shape index (κ2) is 8.30. The summed E-state index contributed by atoms with van der Waals surface area (Å²) in [7, 11) is 0. The number of hydrogen-bond acceptors (Lipinski definition) is 2. The monoisotopic (exact) mass is 352 g/mol. The molecule has 2 aliphatic rings. The molecule has 1 N–H and O–H groups in total. The summed E-state index contributed by atoms with van der Waals surface area (Å²) in [6, 6.07) is 5.54. The summed E-state index contributed by atoms with van der Waals surface area (Å²) in [4.78, 5) is 15.0. The number of likely N-dealkylation sites (tertiary alicyclic amines) is 1.